The second-order valence-electron chi connectivity index (χ2n) is 6.18. The van der Waals surface area contributed by atoms with Crippen LogP contribution in [-0.2, 0) is 10.0 Å². The van der Waals surface area contributed by atoms with Crippen LogP contribution in [0.25, 0.3) is 22.2 Å². The van der Waals surface area contributed by atoms with Gasteiger partial charge >= 0.3 is 0 Å². The van der Waals surface area contributed by atoms with E-state index in [-0.39, 0.29) is 16.5 Å². The molecule has 1 aromatic carbocycles. The first-order valence-corrected chi connectivity index (χ1v) is 10.8. The minimum Gasteiger partial charge on any atom is -0.333 e. The fraction of sp³-hybridized carbons (Fsp3) is 0.105. The zero-order valence-corrected chi connectivity index (χ0v) is 17.0. The van der Waals surface area contributed by atoms with Crippen molar-refractivity contribution in [1.82, 2.24) is 15.1 Å². The van der Waals surface area contributed by atoms with Gasteiger partial charge in [-0.05, 0) is 48.2 Å². The summed E-state index contributed by atoms with van der Waals surface area (Å²) >= 11 is 1.16. The number of rotatable bonds is 5. The molecule has 4 rings (SSSR count). The van der Waals surface area contributed by atoms with Crippen LogP contribution in [0.2, 0.25) is 0 Å². The molecule has 0 spiro atoms. The zero-order chi connectivity index (χ0) is 20.6. The quantitative estimate of drug-likeness (QED) is 0.473. The number of nitrogens with zero attached hydrogens (tertiary/aromatic N) is 4. The van der Waals surface area contributed by atoms with Crippen LogP contribution in [0.5, 0.6) is 0 Å². The molecule has 0 aliphatic heterocycles. The molecular formula is C19H15FN4O3S2. The molecule has 3 aromatic heterocycles. The Hall–Kier alpha value is -3.11. The van der Waals surface area contributed by atoms with Crippen LogP contribution < -0.4 is 4.31 Å². The standard InChI is InChI=1S/C19H15FN4O3S2/c1-12-5-6-14(10-15(12)20)24(2)29(25,26)16-7-9-28-17(16)19-22-18(23-27-19)13-4-3-8-21-11-13/h3-11H,1-2H3. The number of halogens is 1. The largest absolute Gasteiger partial charge is 0.333 e. The van der Waals surface area contributed by atoms with E-state index in [9.17, 15) is 12.8 Å². The number of aryl methyl sites for hydroxylation is 1. The second-order valence-corrected chi connectivity index (χ2v) is 9.04. The van der Waals surface area contributed by atoms with Crippen LogP contribution in [0.1, 0.15) is 5.56 Å². The number of sulfonamides is 1. The van der Waals surface area contributed by atoms with E-state index in [1.807, 2.05) is 0 Å². The van der Waals surface area contributed by atoms with E-state index >= 15 is 0 Å². The number of anilines is 1. The Morgan fingerprint density at radius 3 is 2.76 bits per heavy atom. The fourth-order valence-electron chi connectivity index (χ4n) is 2.65. The maximum atomic E-state index is 13.9. The van der Waals surface area contributed by atoms with Gasteiger partial charge in [-0.15, -0.1) is 11.3 Å². The van der Waals surface area contributed by atoms with E-state index in [0.717, 1.165) is 15.6 Å². The van der Waals surface area contributed by atoms with E-state index in [0.29, 0.717) is 21.8 Å². The van der Waals surface area contributed by atoms with Crippen LogP contribution in [-0.4, -0.2) is 30.6 Å². The predicted molar refractivity (Wildman–Crippen MR) is 108 cm³/mol. The van der Waals surface area contributed by atoms with Crippen molar-refractivity contribution in [2.45, 2.75) is 11.8 Å². The smallest absolute Gasteiger partial charge is 0.269 e. The molecule has 0 aliphatic rings. The van der Waals surface area contributed by atoms with Crippen molar-refractivity contribution in [3.8, 4) is 22.2 Å². The van der Waals surface area contributed by atoms with Crippen LogP contribution in [0.15, 0.2) is 63.6 Å². The van der Waals surface area contributed by atoms with Crippen LogP contribution in [0, 0.1) is 12.7 Å². The summed E-state index contributed by atoms with van der Waals surface area (Å²) < 4.78 is 46.6. The van der Waals surface area contributed by atoms with Gasteiger partial charge in [-0.25, -0.2) is 12.8 Å². The molecule has 4 aromatic rings. The Morgan fingerprint density at radius 2 is 2.03 bits per heavy atom. The molecule has 0 amide bonds. The van der Waals surface area contributed by atoms with Crippen molar-refractivity contribution < 1.29 is 17.3 Å². The highest BCUT2D eigenvalue weighted by molar-refractivity contribution is 7.93. The molecule has 0 saturated heterocycles. The minimum atomic E-state index is -3.98. The van der Waals surface area contributed by atoms with Gasteiger partial charge in [0.15, 0.2) is 0 Å². The number of aromatic nitrogens is 3. The Balaban J connectivity index is 1.72. The van der Waals surface area contributed by atoms with E-state index in [1.54, 1.807) is 42.9 Å². The monoisotopic (exact) mass is 430 g/mol. The Morgan fingerprint density at radius 1 is 1.21 bits per heavy atom. The van der Waals surface area contributed by atoms with Gasteiger partial charge in [-0.1, -0.05) is 11.2 Å². The van der Waals surface area contributed by atoms with Gasteiger partial charge < -0.3 is 4.52 Å². The minimum absolute atomic E-state index is 0.00682. The van der Waals surface area contributed by atoms with Crippen LogP contribution >= 0.6 is 11.3 Å². The summed E-state index contributed by atoms with van der Waals surface area (Å²) in [6, 6.07) is 9.24. The molecular weight excluding hydrogens is 415 g/mol. The molecule has 0 aliphatic carbocycles. The fourth-order valence-corrected chi connectivity index (χ4v) is 5.15. The highest BCUT2D eigenvalue weighted by Crippen LogP contribution is 2.35. The highest BCUT2D eigenvalue weighted by atomic mass is 32.2. The lowest BCUT2D eigenvalue weighted by atomic mass is 10.2. The van der Waals surface area contributed by atoms with Gasteiger partial charge in [0.1, 0.15) is 15.6 Å². The van der Waals surface area contributed by atoms with Crippen molar-refractivity contribution in [3.63, 3.8) is 0 Å². The first kappa shape index (κ1) is 19.2. The maximum absolute atomic E-state index is 13.9. The predicted octanol–water partition coefficient (Wildman–Crippen LogP) is 4.13. The van der Waals surface area contributed by atoms with Gasteiger partial charge in [-0.2, -0.15) is 4.98 Å². The van der Waals surface area contributed by atoms with E-state index in [4.69, 9.17) is 4.52 Å². The SMILES string of the molecule is Cc1ccc(N(C)S(=O)(=O)c2ccsc2-c2nc(-c3cccnc3)no2)cc1F. The molecule has 29 heavy (non-hydrogen) atoms. The Labute approximate surface area is 170 Å². The second kappa shape index (κ2) is 7.37. The van der Waals surface area contributed by atoms with E-state index < -0.39 is 15.8 Å². The van der Waals surface area contributed by atoms with Crippen LogP contribution in [0.4, 0.5) is 10.1 Å². The molecule has 148 valence electrons. The number of hydrogen-bond acceptors (Lipinski definition) is 7. The van der Waals surface area contributed by atoms with Gasteiger partial charge in [0.05, 0.1) is 5.69 Å². The summed E-state index contributed by atoms with van der Waals surface area (Å²) in [4.78, 5) is 8.63. The molecule has 0 fully saturated rings. The maximum Gasteiger partial charge on any atom is 0.269 e. The third-order valence-corrected chi connectivity index (χ3v) is 7.19. The van der Waals surface area contributed by atoms with Gasteiger partial charge in [0.25, 0.3) is 15.9 Å². The van der Waals surface area contributed by atoms with E-state index in [2.05, 4.69) is 15.1 Å². The first-order chi connectivity index (χ1) is 13.9. The number of thiophene rings is 1. The van der Waals surface area contributed by atoms with Crippen molar-refractivity contribution in [2.75, 3.05) is 11.4 Å². The molecule has 0 bridgehead atoms. The average Bonchev–Trinajstić information content (AvgIpc) is 3.40. The Kier molecular flexibility index (Phi) is 4.89. The normalized spacial score (nSPS) is 11.6. The van der Waals surface area contributed by atoms with Crippen molar-refractivity contribution in [3.05, 3.63) is 65.6 Å². The molecule has 0 unspecified atom stereocenters. The summed E-state index contributed by atoms with van der Waals surface area (Å²) in [7, 11) is -2.60. The molecule has 0 saturated carbocycles. The van der Waals surface area contributed by atoms with Gasteiger partial charge in [0.2, 0.25) is 5.82 Å². The van der Waals surface area contributed by atoms with Crippen LogP contribution in [0.3, 0.4) is 0 Å². The van der Waals surface area contributed by atoms with Gasteiger partial charge in [0, 0.05) is 25.0 Å². The summed E-state index contributed by atoms with van der Waals surface area (Å²) in [5, 5.41) is 5.54. The molecule has 0 N–H and O–H groups in total. The van der Waals surface area contributed by atoms with E-state index in [1.165, 1.54) is 25.2 Å². The zero-order valence-electron chi connectivity index (χ0n) is 15.4. The third kappa shape index (κ3) is 3.52. The highest BCUT2D eigenvalue weighted by Gasteiger charge is 2.29. The first-order valence-electron chi connectivity index (χ1n) is 8.45. The third-order valence-electron chi connectivity index (χ3n) is 4.33. The number of benzene rings is 1. The summed E-state index contributed by atoms with van der Waals surface area (Å²) in [6.07, 6.45) is 3.21. The molecule has 0 radical (unpaired) electrons. The lowest BCUT2D eigenvalue weighted by Crippen LogP contribution is -2.26. The Bertz CT molecular complexity index is 1270. The molecule has 10 heteroatoms. The van der Waals surface area contributed by atoms with Crippen molar-refractivity contribution in [1.29, 1.82) is 0 Å². The summed E-state index contributed by atoms with van der Waals surface area (Å²) in [5.41, 5.74) is 1.30. The van der Waals surface area contributed by atoms with Crippen molar-refractivity contribution in [2.24, 2.45) is 0 Å². The van der Waals surface area contributed by atoms with Gasteiger partial charge in [-0.3, -0.25) is 9.29 Å². The number of hydrogen-bond donors (Lipinski definition) is 0. The van der Waals surface area contributed by atoms with Crippen molar-refractivity contribution >= 4 is 27.0 Å². The molecule has 0 atom stereocenters. The average molecular weight is 430 g/mol. The molecule has 3 heterocycles. The lowest BCUT2D eigenvalue weighted by molar-refractivity contribution is 0.432. The lowest BCUT2D eigenvalue weighted by Gasteiger charge is -2.19. The summed E-state index contributed by atoms with van der Waals surface area (Å²) in [6.45, 7) is 1.61. The number of pyridine rings is 1. The molecule has 7 nitrogen and oxygen atoms in total. The summed E-state index contributed by atoms with van der Waals surface area (Å²) in [5.74, 6) is -0.0900. The topological polar surface area (TPSA) is 89.2 Å².